The molecule has 6 nitrogen and oxygen atoms in total. The standard InChI is InChI=1S/C14H20N2O4/c1-8-12(20-9(2)15-8)13(17)16-11-7-5-3-4-6-10(11)14(18)19/h10-11H,3-7H2,1-2H3,(H,16,17)(H,18,19)/t10-,11+/m0/s1. The molecule has 110 valence electrons. The first-order chi connectivity index (χ1) is 9.49. The molecule has 20 heavy (non-hydrogen) atoms. The fraction of sp³-hybridized carbons (Fsp3) is 0.643. The molecule has 0 bridgehead atoms. The molecular formula is C14H20N2O4. The van der Waals surface area contributed by atoms with Crippen LogP contribution >= 0.6 is 0 Å². The highest BCUT2D eigenvalue weighted by atomic mass is 16.4. The number of carbonyl (C=O) groups is 2. The van der Waals surface area contributed by atoms with Crippen molar-refractivity contribution >= 4 is 11.9 Å². The Bertz CT molecular complexity index is 509. The Kier molecular flexibility index (Phi) is 4.42. The van der Waals surface area contributed by atoms with Gasteiger partial charge in [-0.25, -0.2) is 4.98 Å². The summed E-state index contributed by atoms with van der Waals surface area (Å²) in [6, 6.07) is -0.340. The van der Waals surface area contributed by atoms with Crippen LogP contribution in [0.4, 0.5) is 0 Å². The number of carboxylic acids is 1. The largest absolute Gasteiger partial charge is 0.481 e. The number of aryl methyl sites for hydroxylation is 2. The van der Waals surface area contributed by atoms with Gasteiger partial charge in [-0.15, -0.1) is 0 Å². The predicted molar refractivity (Wildman–Crippen MR) is 71.4 cm³/mol. The van der Waals surface area contributed by atoms with Crippen LogP contribution in [-0.4, -0.2) is 28.0 Å². The highest BCUT2D eigenvalue weighted by molar-refractivity contribution is 5.93. The third kappa shape index (κ3) is 3.18. The number of carboxylic acid groups (broad SMARTS) is 1. The van der Waals surface area contributed by atoms with Crippen molar-refractivity contribution in [2.24, 2.45) is 5.92 Å². The van der Waals surface area contributed by atoms with Crippen LogP contribution in [0.25, 0.3) is 0 Å². The molecule has 1 aliphatic rings. The number of hydrogen-bond acceptors (Lipinski definition) is 4. The minimum Gasteiger partial charge on any atom is -0.481 e. The van der Waals surface area contributed by atoms with E-state index in [1.54, 1.807) is 13.8 Å². The maximum atomic E-state index is 12.2. The molecule has 1 aromatic heterocycles. The van der Waals surface area contributed by atoms with Crippen molar-refractivity contribution in [3.8, 4) is 0 Å². The molecular weight excluding hydrogens is 260 g/mol. The predicted octanol–water partition coefficient (Wildman–Crippen LogP) is 2.05. The van der Waals surface area contributed by atoms with Crippen LogP contribution in [0, 0.1) is 19.8 Å². The summed E-state index contributed by atoms with van der Waals surface area (Å²) in [7, 11) is 0. The summed E-state index contributed by atoms with van der Waals surface area (Å²) < 4.78 is 5.27. The lowest BCUT2D eigenvalue weighted by Crippen LogP contribution is -2.42. The van der Waals surface area contributed by atoms with Gasteiger partial charge in [0.2, 0.25) is 5.76 Å². The molecule has 1 fully saturated rings. The molecule has 1 saturated carbocycles. The van der Waals surface area contributed by atoms with Crippen LogP contribution in [0.1, 0.15) is 54.2 Å². The smallest absolute Gasteiger partial charge is 0.308 e. The molecule has 0 radical (unpaired) electrons. The highest BCUT2D eigenvalue weighted by Crippen LogP contribution is 2.24. The van der Waals surface area contributed by atoms with Crippen molar-refractivity contribution in [3.63, 3.8) is 0 Å². The summed E-state index contributed by atoms with van der Waals surface area (Å²) in [6.45, 7) is 3.38. The van der Waals surface area contributed by atoms with Crippen molar-refractivity contribution < 1.29 is 19.1 Å². The second kappa shape index (κ2) is 6.07. The normalized spacial score (nSPS) is 23.1. The van der Waals surface area contributed by atoms with E-state index in [0.29, 0.717) is 24.4 Å². The van der Waals surface area contributed by atoms with Gasteiger partial charge in [0, 0.05) is 13.0 Å². The number of rotatable bonds is 3. The molecule has 0 aromatic carbocycles. The van der Waals surface area contributed by atoms with Gasteiger partial charge in [-0.05, 0) is 19.8 Å². The number of nitrogens with zero attached hydrogens (tertiary/aromatic N) is 1. The zero-order valence-electron chi connectivity index (χ0n) is 11.8. The van der Waals surface area contributed by atoms with E-state index >= 15 is 0 Å². The number of carbonyl (C=O) groups excluding carboxylic acids is 1. The van der Waals surface area contributed by atoms with Crippen LogP contribution in [0.15, 0.2) is 4.42 Å². The average Bonchev–Trinajstić information content (AvgIpc) is 2.60. The van der Waals surface area contributed by atoms with Crippen molar-refractivity contribution in [2.75, 3.05) is 0 Å². The maximum Gasteiger partial charge on any atom is 0.308 e. The van der Waals surface area contributed by atoms with E-state index in [1.807, 2.05) is 0 Å². The van der Waals surface area contributed by atoms with Crippen molar-refractivity contribution in [1.29, 1.82) is 0 Å². The van der Waals surface area contributed by atoms with Gasteiger partial charge < -0.3 is 14.8 Å². The summed E-state index contributed by atoms with van der Waals surface area (Å²) in [5.41, 5.74) is 0.528. The van der Waals surface area contributed by atoms with Crippen molar-refractivity contribution in [3.05, 3.63) is 17.3 Å². The minimum absolute atomic E-state index is 0.177. The SMILES string of the molecule is Cc1nc(C)c(C(=O)N[C@@H]2CCCCC[C@@H]2C(=O)O)o1. The molecule has 1 amide bonds. The van der Waals surface area contributed by atoms with E-state index in [9.17, 15) is 14.7 Å². The molecule has 1 heterocycles. The average molecular weight is 280 g/mol. The lowest BCUT2D eigenvalue weighted by molar-refractivity contribution is -0.142. The van der Waals surface area contributed by atoms with Crippen LogP contribution in [0.5, 0.6) is 0 Å². The number of oxazole rings is 1. The van der Waals surface area contributed by atoms with Gasteiger partial charge in [0.05, 0.1) is 11.6 Å². The van der Waals surface area contributed by atoms with Gasteiger partial charge in [0.25, 0.3) is 5.91 Å². The Morgan fingerprint density at radius 1 is 1.25 bits per heavy atom. The molecule has 0 saturated heterocycles. The lowest BCUT2D eigenvalue weighted by atomic mass is 9.95. The zero-order chi connectivity index (χ0) is 14.7. The summed E-state index contributed by atoms with van der Waals surface area (Å²) in [4.78, 5) is 27.6. The van der Waals surface area contributed by atoms with Gasteiger partial charge in [-0.2, -0.15) is 0 Å². The quantitative estimate of drug-likeness (QED) is 0.827. The van der Waals surface area contributed by atoms with Crippen molar-refractivity contribution in [2.45, 2.75) is 52.0 Å². The van der Waals surface area contributed by atoms with Crippen LogP contribution in [0.3, 0.4) is 0 Å². The second-order valence-electron chi connectivity index (χ2n) is 5.31. The third-order valence-corrected chi connectivity index (χ3v) is 3.76. The number of aromatic nitrogens is 1. The van der Waals surface area contributed by atoms with Gasteiger partial charge in [0.15, 0.2) is 5.89 Å². The zero-order valence-corrected chi connectivity index (χ0v) is 11.8. The summed E-state index contributed by atoms with van der Waals surface area (Å²) >= 11 is 0. The van der Waals surface area contributed by atoms with Gasteiger partial charge >= 0.3 is 5.97 Å². The number of hydrogen-bond donors (Lipinski definition) is 2. The third-order valence-electron chi connectivity index (χ3n) is 3.76. The van der Waals surface area contributed by atoms with E-state index in [0.717, 1.165) is 19.3 Å². The first-order valence-corrected chi connectivity index (χ1v) is 6.96. The molecule has 0 unspecified atom stereocenters. The van der Waals surface area contributed by atoms with Crippen LogP contribution < -0.4 is 5.32 Å². The summed E-state index contributed by atoms with van der Waals surface area (Å²) in [5.74, 6) is -1.13. The Labute approximate surface area is 117 Å². The fourth-order valence-electron chi connectivity index (χ4n) is 2.75. The van der Waals surface area contributed by atoms with E-state index in [2.05, 4.69) is 10.3 Å². The first kappa shape index (κ1) is 14.6. The number of amides is 1. The number of aliphatic carboxylic acids is 1. The molecule has 0 spiro atoms. The van der Waals surface area contributed by atoms with Crippen LogP contribution in [-0.2, 0) is 4.79 Å². The summed E-state index contributed by atoms with van der Waals surface area (Å²) in [5, 5.41) is 12.1. The molecule has 2 rings (SSSR count). The molecule has 2 N–H and O–H groups in total. The Balaban J connectivity index is 2.11. The Hall–Kier alpha value is -1.85. The van der Waals surface area contributed by atoms with Crippen molar-refractivity contribution in [1.82, 2.24) is 10.3 Å². The Morgan fingerprint density at radius 3 is 2.55 bits per heavy atom. The van der Waals surface area contributed by atoms with E-state index < -0.39 is 11.9 Å². The monoisotopic (exact) mass is 280 g/mol. The maximum absolute atomic E-state index is 12.2. The topological polar surface area (TPSA) is 92.4 Å². The fourth-order valence-corrected chi connectivity index (χ4v) is 2.75. The van der Waals surface area contributed by atoms with E-state index in [1.165, 1.54) is 0 Å². The van der Waals surface area contributed by atoms with E-state index in [4.69, 9.17) is 4.42 Å². The summed E-state index contributed by atoms with van der Waals surface area (Å²) in [6.07, 6.45) is 4.13. The first-order valence-electron chi connectivity index (χ1n) is 6.96. The molecule has 6 heteroatoms. The van der Waals surface area contributed by atoms with Gasteiger partial charge in [-0.3, -0.25) is 9.59 Å². The number of nitrogens with one attached hydrogen (secondary N) is 1. The van der Waals surface area contributed by atoms with E-state index in [-0.39, 0.29) is 17.7 Å². The molecule has 1 aromatic rings. The minimum atomic E-state index is -0.845. The lowest BCUT2D eigenvalue weighted by Gasteiger charge is -2.22. The van der Waals surface area contributed by atoms with Gasteiger partial charge in [0.1, 0.15) is 0 Å². The van der Waals surface area contributed by atoms with Gasteiger partial charge in [-0.1, -0.05) is 19.3 Å². The highest BCUT2D eigenvalue weighted by Gasteiger charge is 2.31. The second-order valence-corrected chi connectivity index (χ2v) is 5.31. The van der Waals surface area contributed by atoms with Crippen LogP contribution in [0.2, 0.25) is 0 Å². The molecule has 1 aliphatic carbocycles. The molecule has 2 atom stereocenters. The molecule has 0 aliphatic heterocycles. The Morgan fingerprint density at radius 2 is 1.95 bits per heavy atom.